The predicted octanol–water partition coefficient (Wildman–Crippen LogP) is 1.42. The van der Waals surface area contributed by atoms with E-state index < -0.39 is 0 Å². The highest BCUT2D eigenvalue weighted by Crippen LogP contribution is 2.12. The second-order valence-electron chi connectivity index (χ2n) is 3.03. The van der Waals surface area contributed by atoms with E-state index >= 15 is 0 Å². The van der Waals surface area contributed by atoms with Crippen LogP contribution in [0.15, 0.2) is 0 Å². The molecule has 0 fully saturated rings. The first-order valence-electron chi connectivity index (χ1n) is 3.74. The molecule has 68 valence electrons. The first-order valence-corrected chi connectivity index (χ1v) is 3.74. The van der Waals surface area contributed by atoms with Gasteiger partial charge in [-0.3, -0.25) is 0 Å². The summed E-state index contributed by atoms with van der Waals surface area (Å²) in [6, 6.07) is 0. The summed E-state index contributed by atoms with van der Waals surface area (Å²) >= 11 is 0. The third-order valence-electron chi connectivity index (χ3n) is 1.60. The van der Waals surface area contributed by atoms with Crippen LogP contribution in [0, 0.1) is 0 Å². The van der Waals surface area contributed by atoms with Gasteiger partial charge < -0.3 is 14.2 Å². The van der Waals surface area contributed by atoms with E-state index in [0.717, 1.165) is 6.42 Å². The Labute approximate surface area is 68.6 Å². The zero-order valence-electron chi connectivity index (χ0n) is 7.85. The van der Waals surface area contributed by atoms with Crippen molar-refractivity contribution >= 4 is 0 Å². The highest BCUT2D eigenvalue weighted by molar-refractivity contribution is 4.66. The molecule has 0 atom stereocenters. The van der Waals surface area contributed by atoms with E-state index in [2.05, 4.69) is 0 Å². The highest BCUT2D eigenvalue weighted by atomic mass is 16.7. The zero-order chi connectivity index (χ0) is 8.74. The summed E-state index contributed by atoms with van der Waals surface area (Å²) < 4.78 is 15.0. The summed E-state index contributed by atoms with van der Waals surface area (Å²) in [6.45, 7) is 5.10. The van der Waals surface area contributed by atoms with Crippen LogP contribution in [0.3, 0.4) is 0 Å². The van der Waals surface area contributed by atoms with Gasteiger partial charge in [-0.05, 0) is 20.3 Å². The SMILES string of the molecule is COCOCCC(C)(C)OC. The molecule has 0 saturated heterocycles. The number of methoxy groups -OCH3 is 2. The van der Waals surface area contributed by atoms with Crippen molar-refractivity contribution < 1.29 is 14.2 Å². The fourth-order valence-electron chi connectivity index (χ4n) is 0.562. The minimum Gasteiger partial charge on any atom is -0.379 e. The lowest BCUT2D eigenvalue weighted by atomic mass is 10.1. The molecular formula is C8H18O3. The van der Waals surface area contributed by atoms with E-state index in [4.69, 9.17) is 14.2 Å². The van der Waals surface area contributed by atoms with Gasteiger partial charge in [0.1, 0.15) is 6.79 Å². The summed E-state index contributed by atoms with van der Waals surface area (Å²) in [4.78, 5) is 0. The molecule has 0 aliphatic rings. The molecule has 0 heterocycles. The van der Waals surface area contributed by atoms with Crippen molar-refractivity contribution in [1.29, 1.82) is 0 Å². The Morgan fingerprint density at radius 3 is 2.27 bits per heavy atom. The Morgan fingerprint density at radius 2 is 1.82 bits per heavy atom. The van der Waals surface area contributed by atoms with Crippen LogP contribution in [0.1, 0.15) is 20.3 Å². The summed E-state index contributed by atoms with van der Waals surface area (Å²) in [5.41, 5.74) is -0.0895. The van der Waals surface area contributed by atoms with E-state index in [1.165, 1.54) is 0 Å². The fourth-order valence-corrected chi connectivity index (χ4v) is 0.562. The summed E-state index contributed by atoms with van der Waals surface area (Å²) in [6.07, 6.45) is 0.882. The second-order valence-corrected chi connectivity index (χ2v) is 3.03. The number of rotatable bonds is 6. The minimum absolute atomic E-state index is 0.0895. The van der Waals surface area contributed by atoms with Crippen LogP contribution >= 0.6 is 0 Å². The minimum atomic E-state index is -0.0895. The molecule has 0 unspecified atom stereocenters. The van der Waals surface area contributed by atoms with Gasteiger partial charge in [0.15, 0.2) is 0 Å². The Bertz CT molecular complexity index is 91.3. The average molecular weight is 162 g/mol. The van der Waals surface area contributed by atoms with E-state index in [-0.39, 0.29) is 5.60 Å². The molecule has 0 aromatic carbocycles. The van der Waals surface area contributed by atoms with Gasteiger partial charge in [-0.25, -0.2) is 0 Å². The molecule has 0 radical (unpaired) electrons. The number of hydrogen-bond acceptors (Lipinski definition) is 3. The molecule has 0 bridgehead atoms. The normalized spacial score (nSPS) is 12.0. The molecular weight excluding hydrogens is 144 g/mol. The van der Waals surface area contributed by atoms with Crippen molar-refractivity contribution in [1.82, 2.24) is 0 Å². The van der Waals surface area contributed by atoms with Gasteiger partial charge in [-0.15, -0.1) is 0 Å². The maximum Gasteiger partial charge on any atom is 0.146 e. The van der Waals surface area contributed by atoms with Gasteiger partial charge in [0.25, 0.3) is 0 Å². The van der Waals surface area contributed by atoms with Crippen LogP contribution in [-0.4, -0.2) is 33.2 Å². The largest absolute Gasteiger partial charge is 0.379 e. The Morgan fingerprint density at radius 1 is 1.18 bits per heavy atom. The Kier molecular flexibility index (Phi) is 5.46. The smallest absolute Gasteiger partial charge is 0.146 e. The van der Waals surface area contributed by atoms with Crippen LogP contribution in [0.2, 0.25) is 0 Å². The first kappa shape index (κ1) is 10.9. The molecule has 3 heteroatoms. The van der Waals surface area contributed by atoms with Crippen molar-refractivity contribution in [2.45, 2.75) is 25.9 Å². The third kappa shape index (κ3) is 6.28. The Hall–Kier alpha value is -0.120. The van der Waals surface area contributed by atoms with E-state index in [9.17, 15) is 0 Å². The van der Waals surface area contributed by atoms with E-state index in [1.54, 1.807) is 14.2 Å². The molecule has 0 rings (SSSR count). The lowest BCUT2D eigenvalue weighted by molar-refractivity contribution is -0.0599. The summed E-state index contributed by atoms with van der Waals surface area (Å²) in [5.74, 6) is 0. The van der Waals surface area contributed by atoms with E-state index in [0.29, 0.717) is 13.4 Å². The van der Waals surface area contributed by atoms with Crippen LogP contribution < -0.4 is 0 Å². The Balaban J connectivity index is 3.23. The van der Waals surface area contributed by atoms with Crippen LogP contribution in [0.25, 0.3) is 0 Å². The van der Waals surface area contributed by atoms with Crippen molar-refractivity contribution in [3.8, 4) is 0 Å². The molecule has 0 spiro atoms. The number of ether oxygens (including phenoxy) is 3. The fraction of sp³-hybridized carbons (Fsp3) is 1.00. The van der Waals surface area contributed by atoms with Crippen LogP contribution in [0.5, 0.6) is 0 Å². The predicted molar refractivity (Wildman–Crippen MR) is 43.5 cm³/mol. The molecule has 0 aromatic rings. The number of hydrogen-bond donors (Lipinski definition) is 0. The molecule has 11 heavy (non-hydrogen) atoms. The third-order valence-corrected chi connectivity index (χ3v) is 1.60. The molecule has 0 aliphatic carbocycles. The lowest BCUT2D eigenvalue weighted by Crippen LogP contribution is -2.24. The maximum absolute atomic E-state index is 5.20. The van der Waals surface area contributed by atoms with Gasteiger partial charge in [-0.1, -0.05) is 0 Å². The van der Waals surface area contributed by atoms with Gasteiger partial charge in [0, 0.05) is 14.2 Å². The van der Waals surface area contributed by atoms with Gasteiger partial charge in [-0.2, -0.15) is 0 Å². The van der Waals surface area contributed by atoms with E-state index in [1.807, 2.05) is 13.8 Å². The van der Waals surface area contributed by atoms with Gasteiger partial charge in [0.05, 0.1) is 12.2 Å². The average Bonchev–Trinajstić information content (AvgIpc) is 1.99. The lowest BCUT2D eigenvalue weighted by Gasteiger charge is -2.22. The van der Waals surface area contributed by atoms with Crippen molar-refractivity contribution in [2.24, 2.45) is 0 Å². The monoisotopic (exact) mass is 162 g/mol. The van der Waals surface area contributed by atoms with Crippen molar-refractivity contribution in [2.75, 3.05) is 27.6 Å². The highest BCUT2D eigenvalue weighted by Gasteiger charge is 2.15. The second kappa shape index (κ2) is 5.52. The van der Waals surface area contributed by atoms with Crippen molar-refractivity contribution in [3.63, 3.8) is 0 Å². The zero-order valence-corrected chi connectivity index (χ0v) is 7.85. The molecule has 3 nitrogen and oxygen atoms in total. The van der Waals surface area contributed by atoms with Crippen LogP contribution in [-0.2, 0) is 14.2 Å². The standard InChI is InChI=1S/C8H18O3/c1-8(2,10-4)5-6-11-7-9-3/h5-7H2,1-4H3. The molecule has 0 aromatic heterocycles. The van der Waals surface area contributed by atoms with Gasteiger partial charge in [0.2, 0.25) is 0 Å². The molecule has 0 N–H and O–H groups in total. The maximum atomic E-state index is 5.20. The summed E-state index contributed by atoms with van der Waals surface area (Å²) in [5, 5.41) is 0. The first-order chi connectivity index (χ1) is 5.12. The summed E-state index contributed by atoms with van der Waals surface area (Å²) in [7, 11) is 3.32. The topological polar surface area (TPSA) is 27.7 Å². The quantitative estimate of drug-likeness (QED) is 0.436. The molecule has 0 saturated carbocycles. The van der Waals surface area contributed by atoms with Crippen LogP contribution in [0.4, 0.5) is 0 Å². The molecule has 0 amide bonds. The van der Waals surface area contributed by atoms with Gasteiger partial charge >= 0.3 is 0 Å². The van der Waals surface area contributed by atoms with Crippen molar-refractivity contribution in [3.05, 3.63) is 0 Å². The molecule has 0 aliphatic heterocycles.